The fourth-order valence-corrected chi connectivity index (χ4v) is 7.29. The number of carbonyl (C=O) groups is 3. The summed E-state index contributed by atoms with van der Waals surface area (Å²) in [5, 5.41) is 9.71. The van der Waals surface area contributed by atoms with Gasteiger partial charge >= 0.3 is 17.9 Å². The number of unbranched alkanes of at least 4 members (excludes halogenated alkanes) is 11. The minimum atomic E-state index is -1.54. The van der Waals surface area contributed by atoms with E-state index in [9.17, 15) is 19.5 Å². The van der Waals surface area contributed by atoms with Crippen molar-refractivity contribution in [1.82, 2.24) is 0 Å². The summed E-state index contributed by atoms with van der Waals surface area (Å²) < 4.78 is 22.8. The number of hydrogen-bond donors (Lipinski definition) is 1. The number of carboxylic acids is 1. The van der Waals surface area contributed by atoms with E-state index in [1.54, 1.807) is 0 Å². The lowest BCUT2D eigenvalue weighted by Crippen LogP contribution is -2.40. The maximum Gasteiger partial charge on any atom is 0.361 e. The van der Waals surface area contributed by atoms with Crippen molar-refractivity contribution >= 4 is 17.9 Å². The van der Waals surface area contributed by atoms with Gasteiger partial charge in [0.25, 0.3) is 6.29 Å². The smallest absolute Gasteiger partial charge is 0.361 e. The minimum absolute atomic E-state index is 0.168. The summed E-state index contributed by atoms with van der Waals surface area (Å²) in [4.78, 5) is 37.5. The number of esters is 2. The Labute approximate surface area is 470 Å². The van der Waals surface area contributed by atoms with Gasteiger partial charge in [-0.25, -0.2) is 4.79 Å². The van der Waals surface area contributed by atoms with Crippen molar-refractivity contribution in [2.24, 2.45) is 0 Å². The second-order valence-electron chi connectivity index (χ2n) is 20.2. The Morgan fingerprint density at radius 2 is 0.701 bits per heavy atom. The largest absolute Gasteiger partial charge is 0.477 e. The summed E-state index contributed by atoms with van der Waals surface area (Å²) in [6.07, 6.45) is 81.8. The number of carboxylic acid groups (broad SMARTS) is 1. The third kappa shape index (κ3) is 58.4. The molecule has 0 aliphatic carbocycles. The Hall–Kier alpha value is -5.09. The molecular weight excluding hydrogens is 959 g/mol. The quantitative estimate of drug-likeness (QED) is 0.0211. The molecule has 0 rings (SSSR count). The molecular formula is C68H108NO8+. The topological polar surface area (TPSA) is 108 Å². The third-order valence-corrected chi connectivity index (χ3v) is 11.8. The number of allylic oxidation sites excluding steroid dienone is 26. The molecule has 9 heteroatoms. The maximum absolute atomic E-state index is 12.9. The maximum atomic E-state index is 12.9. The molecule has 77 heavy (non-hydrogen) atoms. The Balaban J connectivity index is 4.39. The molecule has 0 saturated heterocycles. The van der Waals surface area contributed by atoms with Gasteiger partial charge in [-0.05, 0) is 122 Å². The fourth-order valence-electron chi connectivity index (χ4n) is 7.29. The van der Waals surface area contributed by atoms with Crippen LogP contribution in [0.3, 0.4) is 0 Å². The van der Waals surface area contributed by atoms with Crippen LogP contribution in [0.5, 0.6) is 0 Å². The van der Waals surface area contributed by atoms with E-state index in [0.29, 0.717) is 17.4 Å². The van der Waals surface area contributed by atoms with Gasteiger partial charge in [0.2, 0.25) is 0 Å². The van der Waals surface area contributed by atoms with E-state index >= 15 is 0 Å². The highest BCUT2D eigenvalue weighted by Gasteiger charge is 2.25. The molecule has 0 fully saturated rings. The average Bonchev–Trinajstić information content (AvgIpc) is 3.40. The average molecular weight is 1070 g/mol. The van der Waals surface area contributed by atoms with Crippen LogP contribution in [-0.2, 0) is 33.3 Å². The number of nitrogens with zero attached hydrogens (tertiary/aromatic N) is 1. The van der Waals surface area contributed by atoms with E-state index in [0.717, 1.165) is 128 Å². The molecule has 0 aromatic heterocycles. The molecule has 0 aliphatic rings. The first-order chi connectivity index (χ1) is 37.6. The molecule has 432 valence electrons. The van der Waals surface area contributed by atoms with Gasteiger partial charge < -0.3 is 28.5 Å². The van der Waals surface area contributed by atoms with E-state index in [2.05, 4.69) is 172 Å². The molecule has 0 heterocycles. The second kappa shape index (κ2) is 57.1. The van der Waals surface area contributed by atoms with Gasteiger partial charge in [-0.15, -0.1) is 0 Å². The molecule has 2 atom stereocenters. The Bertz CT molecular complexity index is 1810. The molecule has 0 radical (unpaired) electrons. The molecule has 0 bridgehead atoms. The number of ether oxygens (including phenoxy) is 4. The van der Waals surface area contributed by atoms with Crippen LogP contribution in [0, 0.1) is 0 Å². The van der Waals surface area contributed by atoms with Crippen molar-refractivity contribution in [3.05, 3.63) is 158 Å². The van der Waals surface area contributed by atoms with Gasteiger partial charge in [0.1, 0.15) is 13.2 Å². The predicted molar refractivity (Wildman–Crippen MR) is 327 cm³/mol. The van der Waals surface area contributed by atoms with E-state index in [1.807, 2.05) is 21.1 Å². The third-order valence-electron chi connectivity index (χ3n) is 11.8. The van der Waals surface area contributed by atoms with Crippen LogP contribution < -0.4 is 0 Å². The minimum Gasteiger partial charge on any atom is -0.477 e. The van der Waals surface area contributed by atoms with Gasteiger partial charge in [0.15, 0.2) is 6.10 Å². The molecule has 0 saturated carbocycles. The SMILES string of the molecule is CC/C=C\C/C=C\C/C=C\C/C=C\C/C=C\C/C=C\C/C=C\C/C=C\CCCCC(=O)OC(COC(=O)CCCCCCCCCCC/C=C\C/C=C\C/C=C\C/C=C\C/C=C\CC)COC(OCC[N+](C)(C)C)C(=O)O. The van der Waals surface area contributed by atoms with Crippen LogP contribution in [0.2, 0.25) is 0 Å². The first-order valence-corrected chi connectivity index (χ1v) is 29.6. The number of likely N-dealkylation sites (N-methyl/N-ethyl adjacent to an activating group) is 1. The van der Waals surface area contributed by atoms with E-state index in [1.165, 1.54) is 32.1 Å². The molecule has 2 unspecified atom stereocenters. The van der Waals surface area contributed by atoms with Crippen molar-refractivity contribution in [3.63, 3.8) is 0 Å². The van der Waals surface area contributed by atoms with Crippen molar-refractivity contribution in [2.75, 3.05) is 47.5 Å². The van der Waals surface area contributed by atoms with Crippen LogP contribution in [0.1, 0.15) is 194 Å². The summed E-state index contributed by atoms with van der Waals surface area (Å²) >= 11 is 0. The van der Waals surface area contributed by atoms with Gasteiger partial charge in [-0.2, -0.15) is 0 Å². The summed E-state index contributed by atoms with van der Waals surface area (Å²) in [5.74, 6) is -2.10. The number of aliphatic carboxylic acids is 1. The number of carbonyl (C=O) groups excluding carboxylic acids is 2. The summed E-state index contributed by atoms with van der Waals surface area (Å²) in [6, 6.07) is 0. The van der Waals surface area contributed by atoms with E-state index in [-0.39, 0.29) is 38.6 Å². The van der Waals surface area contributed by atoms with Gasteiger partial charge in [-0.3, -0.25) is 9.59 Å². The molecule has 0 amide bonds. The molecule has 0 aromatic carbocycles. The second-order valence-corrected chi connectivity index (χ2v) is 20.2. The first kappa shape index (κ1) is 71.9. The number of rotatable bonds is 52. The van der Waals surface area contributed by atoms with Crippen molar-refractivity contribution < 1.29 is 42.9 Å². The monoisotopic (exact) mass is 1070 g/mol. The lowest BCUT2D eigenvalue weighted by Gasteiger charge is -2.25. The van der Waals surface area contributed by atoms with Crippen LogP contribution in [0.15, 0.2) is 158 Å². The van der Waals surface area contributed by atoms with Gasteiger partial charge in [0.05, 0.1) is 34.4 Å². The summed E-state index contributed by atoms with van der Waals surface area (Å²) in [5.41, 5.74) is 0. The molecule has 0 spiro atoms. The van der Waals surface area contributed by atoms with Gasteiger partial charge in [-0.1, -0.05) is 217 Å². The first-order valence-electron chi connectivity index (χ1n) is 29.6. The highest BCUT2D eigenvalue weighted by molar-refractivity contribution is 5.71. The Kier molecular flexibility index (Phi) is 53.3. The van der Waals surface area contributed by atoms with Crippen LogP contribution >= 0.6 is 0 Å². The number of hydrogen-bond acceptors (Lipinski definition) is 7. The predicted octanol–water partition coefficient (Wildman–Crippen LogP) is 17.8. The summed E-state index contributed by atoms with van der Waals surface area (Å²) in [7, 11) is 5.94. The highest BCUT2D eigenvalue weighted by atomic mass is 16.7. The van der Waals surface area contributed by atoms with Crippen molar-refractivity contribution in [1.29, 1.82) is 0 Å². The zero-order valence-electron chi connectivity index (χ0n) is 49.0. The van der Waals surface area contributed by atoms with Crippen LogP contribution in [0.25, 0.3) is 0 Å². The lowest BCUT2D eigenvalue weighted by molar-refractivity contribution is -0.870. The lowest BCUT2D eigenvalue weighted by atomic mass is 10.1. The zero-order chi connectivity index (χ0) is 56.2. The van der Waals surface area contributed by atoms with Crippen LogP contribution in [-0.4, -0.2) is 87.4 Å². The van der Waals surface area contributed by atoms with E-state index < -0.39 is 24.3 Å². The summed E-state index contributed by atoms with van der Waals surface area (Å²) in [6.45, 7) is 4.56. The Morgan fingerprint density at radius 3 is 1.06 bits per heavy atom. The molecule has 9 nitrogen and oxygen atoms in total. The molecule has 0 aliphatic heterocycles. The Morgan fingerprint density at radius 1 is 0.390 bits per heavy atom. The standard InChI is InChI=1S/C68H107NO8/c1-6-8-10-12-14-16-18-20-22-24-26-28-30-32-33-35-37-39-41-43-45-47-49-51-53-55-57-59-66(71)77-64(63-76-68(67(72)73)74-61-60-69(3,4)5)62-75-65(70)58-56-54-52-50-48-46-44-42-40-38-36-34-31-29-27-25-23-21-19-17-15-13-11-9-7-2/h8-11,14-17,20-23,26-29,32-34,36-37,39,43,45,49,51,64,68H,6-7,12-13,18-19,24-25,30-31,35,38,40-42,44,46-48,50,52-63H2,1-5H3/p+1/b10-8-,11-9-,16-14-,17-15-,22-20-,23-21-,28-26-,29-27-,33-32-,36-34-,39-37-,45-43-,51-49-. The van der Waals surface area contributed by atoms with E-state index in [4.69, 9.17) is 18.9 Å². The zero-order valence-corrected chi connectivity index (χ0v) is 49.0. The normalized spacial score (nSPS) is 13.9. The van der Waals surface area contributed by atoms with Crippen LogP contribution in [0.4, 0.5) is 0 Å². The molecule has 1 N–H and O–H groups in total. The highest BCUT2D eigenvalue weighted by Crippen LogP contribution is 2.13. The van der Waals surface area contributed by atoms with Crippen molar-refractivity contribution in [2.45, 2.75) is 206 Å². The molecule has 0 aromatic rings. The number of quaternary nitrogens is 1. The van der Waals surface area contributed by atoms with Crippen molar-refractivity contribution in [3.8, 4) is 0 Å². The van der Waals surface area contributed by atoms with Gasteiger partial charge in [0, 0.05) is 12.8 Å². The fraction of sp³-hybridized carbons (Fsp3) is 0.574.